The Balaban J connectivity index is 1.75. The number of carbonyl (C=O) groups is 2. The molecule has 0 aromatic heterocycles. The van der Waals surface area contributed by atoms with Gasteiger partial charge in [-0.05, 0) is 31.2 Å². The molecular formula is C21H20O10. The Hall–Kier alpha value is -3.02. The Morgan fingerprint density at radius 2 is 1.65 bits per heavy atom. The fourth-order valence-electron chi connectivity index (χ4n) is 3.76. The SMILES string of the molecule is Cc1c(O[C@H]2O[C@@H](CO)[C@H](O)[C@H](O)[C@@H]2O)cc2c(c1O)C(=O)c1ccc(O)cc1C2=O. The maximum Gasteiger partial charge on any atom is 0.229 e. The van der Waals surface area contributed by atoms with Gasteiger partial charge in [0.2, 0.25) is 6.29 Å². The number of ketones is 2. The molecule has 31 heavy (non-hydrogen) atoms. The normalized spacial score (nSPS) is 27.6. The Kier molecular flexibility index (Phi) is 5.20. The predicted molar refractivity (Wildman–Crippen MR) is 102 cm³/mol. The quantitative estimate of drug-likeness (QED) is 0.312. The summed E-state index contributed by atoms with van der Waals surface area (Å²) in [5.74, 6) is -2.07. The molecular weight excluding hydrogens is 412 g/mol. The predicted octanol–water partition coefficient (Wildman–Crippen LogP) is -0.640. The summed E-state index contributed by atoms with van der Waals surface area (Å²) in [6.07, 6.45) is -7.72. The molecule has 2 aromatic rings. The van der Waals surface area contributed by atoms with E-state index in [9.17, 15) is 40.2 Å². The second kappa shape index (κ2) is 7.59. The van der Waals surface area contributed by atoms with Crippen LogP contribution in [0.5, 0.6) is 17.2 Å². The van der Waals surface area contributed by atoms with Gasteiger partial charge in [-0.2, -0.15) is 0 Å². The molecule has 164 valence electrons. The lowest BCUT2D eigenvalue weighted by Crippen LogP contribution is -2.60. The van der Waals surface area contributed by atoms with E-state index in [1.54, 1.807) is 0 Å². The molecule has 1 aliphatic heterocycles. The van der Waals surface area contributed by atoms with E-state index in [0.29, 0.717) is 0 Å². The van der Waals surface area contributed by atoms with Crippen molar-refractivity contribution in [1.82, 2.24) is 0 Å². The zero-order valence-corrected chi connectivity index (χ0v) is 16.2. The van der Waals surface area contributed by atoms with Crippen LogP contribution in [0.2, 0.25) is 0 Å². The van der Waals surface area contributed by atoms with Crippen molar-refractivity contribution in [3.05, 3.63) is 52.1 Å². The number of benzene rings is 2. The summed E-state index contributed by atoms with van der Waals surface area (Å²) in [6, 6.07) is 4.89. The molecule has 0 bridgehead atoms. The van der Waals surface area contributed by atoms with Gasteiger partial charge in [-0.15, -0.1) is 0 Å². The topological polar surface area (TPSA) is 174 Å². The standard InChI is InChI=1S/C21H20O10/c1-7-12(30-21-20(29)19(28)18(27)13(6-22)31-21)5-11-14(15(7)24)17(26)9-3-2-8(23)4-10(9)16(11)25/h2-5,13,18-24,27-29H,6H2,1H3/t13-,18-,19-,20-,21-/m0/s1. The Morgan fingerprint density at radius 3 is 2.32 bits per heavy atom. The van der Waals surface area contributed by atoms with Gasteiger partial charge >= 0.3 is 0 Å². The molecule has 1 aliphatic carbocycles. The van der Waals surface area contributed by atoms with Crippen LogP contribution in [0.15, 0.2) is 24.3 Å². The average Bonchev–Trinajstić information content (AvgIpc) is 2.75. The second-order valence-electron chi connectivity index (χ2n) is 7.47. The zero-order valence-electron chi connectivity index (χ0n) is 16.2. The van der Waals surface area contributed by atoms with Gasteiger partial charge in [0.15, 0.2) is 11.6 Å². The van der Waals surface area contributed by atoms with Crippen LogP contribution in [-0.2, 0) is 4.74 Å². The molecule has 10 nitrogen and oxygen atoms in total. The van der Waals surface area contributed by atoms with Gasteiger partial charge in [0.05, 0.1) is 12.2 Å². The van der Waals surface area contributed by atoms with E-state index in [2.05, 4.69) is 0 Å². The highest BCUT2D eigenvalue weighted by Gasteiger charge is 2.45. The molecule has 5 atom stereocenters. The number of aliphatic hydroxyl groups excluding tert-OH is 4. The first kappa shape index (κ1) is 21.2. The van der Waals surface area contributed by atoms with Gasteiger partial charge in [0, 0.05) is 22.3 Å². The summed E-state index contributed by atoms with van der Waals surface area (Å²) in [5.41, 5.74) is -0.334. The highest BCUT2D eigenvalue weighted by Crippen LogP contribution is 2.41. The lowest BCUT2D eigenvalue weighted by molar-refractivity contribution is -0.277. The molecule has 10 heteroatoms. The average molecular weight is 432 g/mol. The fourth-order valence-corrected chi connectivity index (χ4v) is 3.76. The van der Waals surface area contributed by atoms with Crippen molar-refractivity contribution in [2.45, 2.75) is 37.6 Å². The van der Waals surface area contributed by atoms with Crippen LogP contribution >= 0.6 is 0 Å². The van der Waals surface area contributed by atoms with E-state index in [1.807, 2.05) is 0 Å². The third-order valence-corrected chi connectivity index (χ3v) is 5.56. The Morgan fingerprint density at radius 1 is 0.935 bits per heavy atom. The summed E-state index contributed by atoms with van der Waals surface area (Å²) < 4.78 is 10.9. The molecule has 1 fully saturated rings. The van der Waals surface area contributed by atoms with Crippen molar-refractivity contribution < 1.29 is 49.7 Å². The molecule has 2 aliphatic rings. The number of hydrogen-bond acceptors (Lipinski definition) is 10. The van der Waals surface area contributed by atoms with Crippen LogP contribution < -0.4 is 4.74 Å². The molecule has 1 heterocycles. The van der Waals surface area contributed by atoms with Crippen molar-refractivity contribution in [2.75, 3.05) is 6.61 Å². The summed E-state index contributed by atoms with van der Waals surface area (Å²) in [6.45, 7) is 0.755. The fraction of sp³-hybridized carbons (Fsp3) is 0.333. The number of phenols is 2. The minimum Gasteiger partial charge on any atom is -0.508 e. The number of ether oxygens (including phenoxy) is 2. The number of fused-ring (bicyclic) bond motifs is 2. The van der Waals surface area contributed by atoms with Crippen molar-refractivity contribution >= 4 is 11.6 Å². The molecule has 0 unspecified atom stereocenters. The van der Waals surface area contributed by atoms with Gasteiger partial charge in [-0.1, -0.05) is 0 Å². The van der Waals surface area contributed by atoms with Crippen molar-refractivity contribution in [3.63, 3.8) is 0 Å². The Labute approximate surface area is 175 Å². The van der Waals surface area contributed by atoms with Crippen LogP contribution in [0.3, 0.4) is 0 Å². The molecule has 1 saturated heterocycles. The summed E-state index contributed by atoms with van der Waals surface area (Å²) >= 11 is 0. The minimum atomic E-state index is -1.70. The monoisotopic (exact) mass is 432 g/mol. The third kappa shape index (κ3) is 3.25. The highest BCUT2D eigenvalue weighted by molar-refractivity contribution is 6.29. The number of aliphatic hydroxyl groups is 4. The number of phenolic OH excluding ortho intramolecular Hbond substituents is 2. The van der Waals surface area contributed by atoms with Gasteiger partial charge in [0.1, 0.15) is 41.7 Å². The molecule has 4 rings (SSSR count). The highest BCUT2D eigenvalue weighted by atomic mass is 16.7. The maximum atomic E-state index is 13.0. The molecule has 6 N–H and O–H groups in total. The van der Waals surface area contributed by atoms with Crippen molar-refractivity contribution in [2.24, 2.45) is 0 Å². The van der Waals surface area contributed by atoms with Crippen LogP contribution in [0, 0.1) is 6.92 Å². The first-order chi connectivity index (χ1) is 14.6. The van der Waals surface area contributed by atoms with E-state index < -0.39 is 54.6 Å². The molecule has 2 aromatic carbocycles. The summed E-state index contributed by atoms with van der Waals surface area (Å²) in [7, 11) is 0. The molecule has 0 saturated carbocycles. The van der Waals surface area contributed by atoms with Gasteiger partial charge in [-0.25, -0.2) is 0 Å². The van der Waals surface area contributed by atoms with Gasteiger partial charge < -0.3 is 40.1 Å². The number of hydrogen-bond donors (Lipinski definition) is 6. The van der Waals surface area contributed by atoms with E-state index in [1.165, 1.54) is 25.1 Å². The molecule has 0 spiro atoms. The number of rotatable bonds is 3. The summed E-state index contributed by atoms with van der Waals surface area (Å²) in [5, 5.41) is 59.6. The van der Waals surface area contributed by atoms with Crippen LogP contribution in [0.4, 0.5) is 0 Å². The molecule has 0 radical (unpaired) electrons. The maximum absolute atomic E-state index is 13.0. The van der Waals surface area contributed by atoms with Crippen LogP contribution in [-0.4, -0.2) is 79.5 Å². The lowest BCUT2D eigenvalue weighted by atomic mass is 9.82. The lowest BCUT2D eigenvalue weighted by Gasteiger charge is -2.39. The first-order valence-corrected chi connectivity index (χ1v) is 9.41. The van der Waals surface area contributed by atoms with E-state index >= 15 is 0 Å². The number of carbonyl (C=O) groups excluding carboxylic acids is 2. The van der Waals surface area contributed by atoms with Gasteiger partial charge in [-0.3, -0.25) is 9.59 Å². The minimum absolute atomic E-state index is 0.0348. The van der Waals surface area contributed by atoms with Crippen molar-refractivity contribution in [1.29, 1.82) is 0 Å². The van der Waals surface area contributed by atoms with E-state index in [0.717, 1.165) is 6.07 Å². The Bertz CT molecular complexity index is 1080. The summed E-state index contributed by atoms with van der Waals surface area (Å²) in [4.78, 5) is 25.8. The largest absolute Gasteiger partial charge is 0.508 e. The molecule has 0 amide bonds. The number of aromatic hydroxyl groups is 2. The zero-order chi connectivity index (χ0) is 22.6. The van der Waals surface area contributed by atoms with Crippen LogP contribution in [0.25, 0.3) is 0 Å². The van der Waals surface area contributed by atoms with Crippen molar-refractivity contribution in [3.8, 4) is 17.2 Å². The van der Waals surface area contributed by atoms with E-state index in [4.69, 9.17) is 9.47 Å². The third-order valence-electron chi connectivity index (χ3n) is 5.56. The van der Waals surface area contributed by atoms with Crippen LogP contribution in [0.1, 0.15) is 37.4 Å². The first-order valence-electron chi connectivity index (χ1n) is 9.41. The second-order valence-corrected chi connectivity index (χ2v) is 7.47. The van der Waals surface area contributed by atoms with E-state index in [-0.39, 0.29) is 39.3 Å². The smallest absolute Gasteiger partial charge is 0.229 e. The van der Waals surface area contributed by atoms with Gasteiger partial charge in [0.25, 0.3) is 0 Å².